The van der Waals surface area contributed by atoms with Gasteiger partial charge in [0.25, 0.3) is 11.7 Å². The number of aromatic nitrogens is 2. The number of ketones is 1. The number of amides is 1. The zero-order valence-electron chi connectivity index (χ0n) is 19.9. The molecule has 0 spiro atoms. The van der Waals surface area contributed by atoms with Crippen LogP contribution in [0.2, 0.25) is 5.02 Å². The molecule has 0 bridgehead atoms. The number of nitrogens with zero attached hydrogens (tertiary/aromatic N) is 4. The van der Waals surface area contributed by atoms with Gasteiger partial charge in [-0.15, -0.1) is 0 Å². The largest absolute Gasteiger partial charge is 0.507 e. The van der Waals surface area contributed by atoms with Crippen molar-refractivity contribution in [1.82, 2.24) is 19.6 Å². The Morgan fingerprint density at radius 3 is 2.44 bits per heavy atom. The number of benzene rings is 2. The van der Waals surface area contributed by atoms with Gasteiger partial charge < -0.3 is 14.7 Å². The minimum atomic E-state index is -0.734. The first-order valence-corrected chi connectivity index (χ1v) is 12.3. The maximum absolute atomic E-state index is 13.3. The number of carbonyl (C=O) groups is 2. The number of carbonyl (C=O) groups excluding carboxylic acids is 2. The van der Waals surface area contributed by atoms with E-state index in [1.54, 1.807) is 33.8 Å². The molecule has 2 fully saturated rings. The van der Waals surface area contributed by atoms with Crippen LogP contribution in [-0.2, 0) is 14.3 Å². The van der Waals surface area contributed by atoms with Crippen LogP contribution in [0.4, 0.5) is 0 Å². The summed E-state index contributed by atoms with van der Waals surface area (Å²) in [6, 6.07) is 15.8. The molecule has 36 heavy (non-hydrogen) atoms. The molecule has 0 unspecified atom stereocenters. The molecular weight excluding hydrogens is 480 g/mol. The summed E-state index contributed by atoms with van der Waals surface area (Å²) >= 11 is 6.11. The lowest BCUT2D eigenvalue weighted by molar-refractivity contribution is -0.140. The Hall–Kier alpha value is -3.46. The van der Waals surface area contributed by atoms with Crippen LogP contribution in [0.25, 0.3) is 11.4 Å². The highest BCUT2D eigenvalue weighted by molar-refractivity contribution is 6.46. The van der Waals surface area contributed by atoms with Crippen molar-refractivity contribution in [3.05, 3.63) is 88.2 Å². The Labute approximate surface area is 214 Å². The molecule has 0 aliphatic carbocycles. The monoisotopic (exact) mass is 506 g/mol. The van der Waals surface area contributed by atoms with Gasteiger partial charge in [-0.1, -0.05) is 41.9 Å². The van der Waals surface area contributed by atoms with Gasteiger partial charge in [-0.3, -0.25) is 14.5 Å². The zero-order valence-corrected chi connectivity index (χ0v) is 20.7. The Kier molecular flexibility index (Phi) is 6.91. The lowest BCUT2D eigenvalue weighted by atomic mass is 9.95. The third kappa shape index (κ3) is 4.55. The van der Waals surface area contributed by atoms with E-state index < -0.39 is 17.7 Å². The average Bonchev–Trinajstić information content (AvgIpc) is 3.41. The lowest BCUT2D eigenvalue weighted by Crippen LogP contribution is -2.42. The maximum atomic E-state index is 13.3. The number of Topliss-reactive ketones (excluding diaryl/α,β-unsaturated/α-hetero) is 1. The number of para-hydroxylation sites is 1. The number of hydrogen-bond acceptors (Lipinski definition) is 6. The lowest BCUT2D eigenvalue weighted by Gasteiger charge is -2.31. The second kappa shape index (κ2) is 10.3. The van der Waals surface area contributed by atoms with Crippen LogP contribution in [-0.4, -0.2) is 75.8 Å². The third-order valence-electron chi connectivity index (χ3n) is 6.75. The van der Waals surface area contributed by atoms with Gasteiger partial charge in [-0.25, -0.2) is 4.68 Å². The fourth-order valence-corrected chi connectivity index (χ4v) is 4.92. The number of halogens is 1. The molecule has 9 heteroatoms. The Bertz CT molecular complexity index is 1300. The van der Waals surface area contributed by atoms with E-state index in [2.05, 4.69) is 10.00 Å². The topological polar surface area (TPSA) is 87.9 Å². The number of morpholine rings is 1. The van der Waals surface area contributed by atoms with Crippen molar-refractivity contribution in [1.29, 1.82) is 0 Å². The molecule has 0 saturated carbocycles. The summed E-state index contributed by atoms with van der Waals surface area (Å²) in [6.45, 7) is 5.60. The maximum Gasteiger partial charge on any atom is 0.295 e. The summed E-state index contributed by atoms with van der Waals surface area (Å²) in [6.07, 6.45) is 1.53. The molecule has 1 N–H and O–H groups in total. The van der Waals surface area contributed by atoms with E-state index in [0.29, 0.717) is 48.1 Å². The van der Waals surface area contributed by atoms with Crippen LogP contribution < -0.4 is 0 Å². The van der Waals surface area contributed by atoms with Crippen LogP contribution in [0.1, 0.15) is 22.9 Å². The molecule has 3 aromatic rings. The first kappa shape index (κ1) is 24.2. The molecule has 2 aliphatic rings. The summed E-state index contributed by atoms with van der Waals surface area (Å²) in [5.74, 6) is -1.57. The van der Waals surface area contributed by atoms with E-state index in [1.165, 1.54) is 6.20 Å². The molecule has 2 saturated heterocycles. The van der Waals surface area contributed by atoms with Crippen molar-refractivity contribution >= 4 is 29.1 Å². The van der Waals surface area contributed by atoms with Crippen molar-refractivity contribution < 1.29 is 19.4 Å². The van der Waals surface area contributed by atoms with Gasteiger partial charge in [-0.05, 0) is 36.8 Å². The molecular formula is C27H27ClN4O4. The summed E-state index contributed by atoms with van der Waals surface area (Å²) < 4.78 is 7.11. The number of aliphatic hydroxyl groups is 1. The molecule has 2 aromatic carbocycles. The molecule has 0 radical (unpaired) electrons. The summed E-state index contributed by atoms with van der Waals surface area (Å²) in [7, 11) is 0. The van der Waals surface area contributed by atoms with Crippen LogP contribution >= 0.6 is 11.6 Å². The van der Waals surface area contributed by atoms with E-state index in [4.69, 9.17) is 16.3 Å². The van der Waals surface area contributed by atoms with E-state index in [0.717, 1.165) is 18.8 Å². The molecule has 1 amide bonds. The molecule has 2 aliphatic heterocycles. The number of aliphatic hydroxyl groups excluding tert-OH is 1. The third-order valence-corrected chi connectivity index (χ3v) is 7.00. The summed E-state index contributed by atoms with van der Waals surface area (Å²) in [4.78, 5) is 30.3. The van der Waals surface area contributed by atoms with Crippen LogP contribution in [0, 0.1) is 6.92 Å². The van der Waals surface area contributed by atoms with Gasteiger partial charge in [0, 0.05) is 31.2 Å². The van der Waals surface area contributed by atoms with Crippen molar-refractivity contribution in [2.45, 2.75) is 13.0 Å². The van der Waals surface area contributed by atoms with Crippen molar-refractivity contribution in [3.63, 3.8) is 0 Å². The second-order valence-corrected chi connectivity index (χ2v) is 9.33. The molecule has 186 valence electrons. The predicted octanol–water partition coefficient (Wildman–Crippen LogP) is 3.59. The first-order valence-electron chi connectivity index (χ1n) is 11.9. The van der Waals surface area contributed by atoms with Gasteiger partial charge >= 0.3 is 0 Å². The van der Waals surface area contributed by atoms with E-state index in [-0.39, 0.29) is 11.3 Å². The van der Waals surface area contributed by atoms with Crippen molar-refractivity contribution in [2.24, 2.45) is 0 Å². The molecule has 3 heterocycles. The number of likely N-dealkylation sites (tertiary alicyclic amines) is 1. The van der Waals surface area contributed by atoms with Crippen LogP contribution in [0.3, 0.4) is 0 Å². The van der Waals surface area contributed by atoms with Crippen LogP contribution in [0.15, 0.2) is 66.4 Å². The van der Waals surface area contributed by atoms with Crippen LogP contribution in [0.5, 0.6) is 0 Å². The molecule has 1 aromatic heterocycles. The first-order chi connectivity index (χ1) is 17.5. The van der Waals surface area contributed by atoms with Crippen molar-refractivity contribution in [2.75, 3.05) is 39.4 Å². The number of hydrogen-bond donors (Lipinski definition) is 1. The van der Waals surface area contributed by atoms with Gasteiger partial charge in [0.2, 0.25) is 0 Å². The van der Waals surface area contributed by atoms with Gasteiger partial charge in [0.1, 0.15) is 5.76 Å². The fourth-order valence-electron chi connectivity index (χ4n) is 4.79. The minimum absolute atomic E-state index is 0.0556. The predicted molar refractivity (Wildman–Crippen MR) is 136 cm³/mol. The van der Waals surface area contributed by atoms with E-state index >= 15 is 0 Å². The normalized spacial score (nSPS) is 20.3. The summed E-state index contributed by atoms with van der Waals surface area (Å²) in [5, 5.41) is 16.4. The number of ether oxygens (including phenoxy) is 1. The van der Waals surface area contributed by atoms with E-state index in [9.17, 15) is 14.7 Å². The standard InChI is InChI=1S/C27H27ClN4O4/c1-18-22(17-29-32(18)21-5-3-2-4-6-21)25(33)23-24(19-7-9-20(28)10-8-19)31(27(35)26(23)34)12-11-30-13-15-36-16-14-30/h2-10,17,24,33H,11-16H2,1H3/t24-/m0/s1. The Balaban J connectivity index is 1.55. The second-order valence-electron chi connectivity index (χ2n) is 8.89. The summed E-state index contributed by atoms with van der Waals surface area (Å²) in [5.41, 5.74) is 2.65. The number of rotatable bonds is 6. The average molecular weight is 507 g/mol. The highest BCUT2D eigenvalue weighted by atomic mass is 35.5. The molecule has 8 nitrogen and oxygen atoms in total. The van der Waals surface area contributed by atoms with E-state index in [1.807, 2.05) is 37.3 Å². The van der Waals surface area contributed by atoms with Gasteiger partial charge in [0.05, 0.1) is 48.0 Å². The van der Waals surface area contributed by atoms with Gasteiger partial charge in [0.15, 0.2) is 0 Å². The Morgan fingerprint density at radius 2 is 1.75 bits per heavy atom. The highest BCUT2D eigenvalue weighted by Gasteiger charge is 2.46. The zero-order chi connectivity index (χ0) is 25.2. The minimum Gasteiger partial charge on any atom is -0.507 e. The SMILES string of the molecule is Cc1c(C(O)=C2C(=O)C(=O)N(CCN3CCOCC3)[C@H]2c2ccc(Cl)cc2)cnn1-c1ccccc1. The highest BCUT2D eigenvalue weighted by Crippen LogP contribution is 2.40. The van der Waals surface area contributed by atoms with Gasteiger partial charge in [-0.2, -0.15) is 5.10 Å². The quantitative estimate of drug-likeness (QED) is 0.312. The Morgan fingerprint density at radius 1 is 1.06 bits per heavy atom. The molecule has 1 atom stereocenters. The fraction of sp³-hybridized carbons (Fsp3) is 0.296. The molecule has 5 rings (SSSR count). The smallest absolute Gasteiger partial charge is 0.295 e. The van der Waals surface area contributed by atoms with Crippen molar-refractivity contribution in [3.8, 4) is 5.69 Å².